The van der Waals surface area contributed by atoms with E-state index in [1.54, 1.807) is 0 Å². The fourth-order valence-electron chi connectivity index (χ4n) is 3.41. The molecule has 0 spiro atoms. The summed E-state index contributed by atoms with van der Waals surface area (Å²) in [4.78, 5) is 12.0. The number of ketones is 1. The summed E-state index contributed by atoms with van der Waals surface area (Å²) in [6.45, 7) is 4.49. The number of carbonyl (C=O) groups is 1. The molecule has 0 radical (unpaired) electrons. The molecule has 1 aliphatic rings. The van der Waals surface area contributed by atoms with Gasteiger partial charge in [-0.25, -0.2) is 0 Å². The number of benzene rings is 1. The summed E-state index contributed by atoms with van der Waals surface area (Å²) in [5, 5.41) is 0. The number of rotatable bonds is 4. The highest BCUT2D eigenvalue weighted by molar-refractivity contribution is 5.99. The van der Waals surface area contributed by atoms with Gasteiger partial charge < -0.3 is 0 Å². The minimum atomic E-state index is 0.272. The zero-order chi connectivity index (χ0) is 12.3. The lowest BCUT2D eigenvalue weighted by Crippen LogP contribution is -2.33. The summed E-state index contributed by atoms with van der Waals surface area (Å²) in [5.74, 6) is 0.337. The summed E-state index contributed by atoms with van der Waals surface area (Å²) in [6, 6.07) is 8.26. The Morgan fingerprint density at radius 3 is 2.41 bits per heavy atom. The molecule has 0 fully saturated rings. The second kappa shape index (κ2) is 5.03. The maximum absolute atomic E-state index is 12.0. The molecule has 92 valence electrons. The summed E-state index contributed by atoms with van der Waals surface area (Å²) in [6.07, 6.45) is 6.60. The van der Waals surface area contributed by atoms with E-state index in [1.807, 2.05) is 12.1 Å². The third-order valence-electron chi connectivity index (χ3n) is 4.09. The second-order valence-electron chi connectivity index (χ2n) is 5.25. The van der Waals surface area contributed by atoms with Crippen LogP contribution >= 0.6 is 0 Å². The van der Waals surface area contributed by atoms with Crippen molar-refractivity contribution in [2.75, 3.05) is 0 Å². The Bertz CT molecular complexity index is 400. The summed E-state index contributed by atoms with van der Waals surface area (Å²) in [7, 11) is 0. The largest absolute Gasteiger partial charge is 0.294 e. The molecule has 0 unspecified atom stereocenters. The molecule has 17 heavy (non-hydrogen) atoms. The summed E-state index contributed by atoms with van der Waals surface area (Å²) >= 11 is 0. The van der Waals surface area contributed by atoms with E-state index in [0.717, 1.165) is 18.4 Å². The van der Waals surface area contributed by atoms with Crippen LogP contribution in [-0.2, 0) is 5.41 Å². The van der Waals surface area contributed by atoms with Gasteiger partial charge in [-0.05, 0) is 30.2 Å². The Labute approximate surface area is 104 Å². The number of hydrogen-bond donors (Lipinski definition) is 0. The van der Waals surface area contributed by atoms with Crippen molar-refractivity contribution in [2.24, 2.45) is 0 Å². The third kappa shape index (κ3) is 2.15. The number of Topliss-reactive ketones (excluding diaryl/α,β-unsaturated/α-hetero) is 1. The molecule has 1 aromatic rings. The van der Waals surface area contributed by atoms with Crippen LogP contribution in [-0.4, -0.2) is 5.78 Å². The monoisotopic (exact) mass is 230 g/mol. The second-order valence-corrected chi connectivity index (χ2v) is 5.25. The lowest BCUT2D eigenvalue weighted by molar-refractivity contribution is 0.0945. The molecule has 0 N–H and O–H groups in total. The van der Waals surface area contributed by atoms with Gasteiger partial charge in [0.05, 0.1) is 0 Å². The van der Waals surface area contributed by atoms with Crippen molar-refractivity contribution >= 4 is 5.78 Å². The van der Waals surface area contributed by atoms with Crippen LogP contribution in [0.2, 0.25) is 0 Å². The van der Waals surface area contributed by atoms with E-state index >= 15 is 0 Å². The fraction of sp³-hybridized carbons (Fsp3) is 0.562. The van der Waals surface area contributed by atoms with Crippen molar-refractivity contribution in [2.45, 2.75) is 57.8 Å². The van der Waals surface area contributed by atoms with Gasteiger partial charge in [0.2, 0.25) is 0 Å². The molecular formula is C16H22O. The van der Waals surface area contributed by atoms with Gasteiger partial charge in [0.15, 0.2) is 5.78 Å². The molecule has 0 atom stereocenters. The zero-order valence-corrected chi connectivity index (χ0v) is 11.0. The van der Waals surface area contributed by atoms with Gasteiger partial charge in [-0.3, -0.25) is 4.79 Å². The highest BCUT2D eigenvalue weighted by Gasteiger charge is 2.37. The van der Waals surface area contributed by atoms with Crippen molar-refractivity contribution in [3.8, 4) is 0 Å². The molecule has 0 saturated heterocycles. The van der Waals surface area contributed by atoms with Crippen LogP contribution in [0.25, 0.3) is 0 Å². The Kier molecular flexibility index (Phi) is 3.66. The predicted molar refractivity (Wildman–Crippen MR) is 71.5 cm³/mol. The normalized spacial score (nSPS) is 17.9. The summed E-state index contributed by atoms with van der Waals surface area (Å²) in [5.41, 5.74) is 2.58. The van der Waals surface area contributed by atoms with Crippen LogP contribution in [0.4, 0.5) is 0 Å². The molecule has 0 heterocycles. The first-order valence-corrected chi connectivity index (χ1v) is 6.86. The first kappa shape index (κ1) is 12.3. The molecule has 1 aliphatic carbocycles. The average molecular weight is 230 g/mol. The van der Waals surface area contributed by atoms with E-state index in [0.29, 0.717) is 5.78 Å². The summed E-state index contributed by atoms with van der Waals surface area (Å²) < 4.78 is 0. The molecule has 1 heteroatoms. The van der Waals surface area contributed by atoms with Gasteiger partial charge in [0.25, 0.3) is 0 Å². The van der Waals surface area contributed by atoms with Crippen LogP contribution in [0.5, 0.6) is 0 Å². The molecule has 0 aliphatic heterocycles. The molecule has 0 bridgehead atoms. The van der Waals surface area contributed by atoms with E-state index in [9.17, 15) is 4.79 Å². The Morgan fingerprint density at radius 2 is 1.76 bits per heavy atom. The highest BCUT2D eigenvalue weighted by Crippen LogP contribution is 2.44. The Balaban J connectivity index is 2.48. The van der Waals surface area contributed by atoms with Crippen LogP contribution in [0.3, 0.4) is 0 Å². The minimum Gasteiger partial charge on any atom is -0.294 e. The standard InChI is InChI=1S/C16H22O/c1-3-10-16(11-4-2)12-9-15(17)13-7-5-6-8-14(13)16/h5-8H,3-4,9-12H2,1-2H3. The minimum absolute atomic E-state index is 0.272. The molecule has 0 saturated carbocycles. The topological polar surface area (TPSA) is 17.1 Å². The van der Waals surface area contributed by atoms with Crippen LogP contribution < -0.4 is 0 Å². The zero-order valence-electron chi connectivity index (χ0n) is 11.0. The highest BCUT2D eigenvalue weighted by atomic mass is 16.1. The predicted octanol–water partition coefficient (Wildman–Crippen LogP) is 4.50. The van der Waals surface area contributed by atoms with Gasteiger partial charge in [-0.1, -0.05) is 51.0 Å². The maximum Gasteiger partial charge on any atom is 0.163 e. The Hall–Kier alpha value is -1.11. The fourth-order valence-corrected chi connectivity index (χ4v) is 3.41. The smallest absolute Gasteiger partial charge is 0.163 e. The van der Waals surface area contributed by atoms with E-state index in [1.165, 1.54) is 31.2 Å². The van der Waals surface area contributed by atoms with Crippen molar-refractivity contribution in [3.63, 3.8) is 0 Å². The van der Waals surface area contributed by atoms with Crippen molar-refractivity contribution < 1.29 is 4.79 Å². The van der Waals surface area contributed by atoms with Crippen molar-refractivity contribution in [3.05, 3.63) is 35.4 Å². The SMILES string of the molecule is CCCC1(CCC)CCC(=O)c2ccccc21. The molecule has 2 rings (SSSR count). The molecule has 1 nitrogen and oxygen atoms in total. The van der Waals surface area contributed by atoms with E-state index in [-0.39, 0.29) is 5.41 Å². The third-order valence-corrected chi connectivity index (χ3v) is 4.09. The van der Waals surface area contributed by atoms with Gasteiger partial charge in [0, 0.05) is 12.0 Å². The van der Waals surface area contributed by atoms with E-state index in [2.05, 4.69) is 26.0 Å². The van der Waals surface area contributed by atoms with Crippen molar-refractivity contribution in [1.82, 2.24) is 0 Å². The van der Waals surface area contributed by atoms with Crippen LogP contribution in [0.1, 0.15) is 68.3 Å². The number of fused-ring (bicyclic) bond motifs is 1. The number of carbonyl (C=O) groups excluding carboxylic acids is 1. The molecule has 0 aromatic heterocycles. The quantitative estimate of drug-likeness (QED) is 0.744. The maximum atomic E-state index is 12.0. The number of hydrogen-bond acceptors (Lipinski definition) is 1. The van der Waals surface area contributed by atoms with Gasteiger partial charge in [-0.2, -0.15) is 0 Å². The average Bonchev–Trinajstić information content (AvgIpc) is 2.35. The van der Waals surface area contributed by atoms with E-state index in [4.69, 9.17) is 0 Å². The van der Waals surface area contributed by atoms with Gasteiger partial charge in [-0.15, -0.1) is 0 Å². The van der Waals surface area contributed by atoms with Crippen LogP contribution in [0, 0.1) is 0 Å². The Morgan fingerprint density at radius 1 is 1.12 bits per heavy atom. The molecule has 1 aromatic carbocycles. The first-order valence-electron chi connectivity index (χ1n) is 6.86. The lowest BCUT2D eigenvalue weighted by Gasteiger charge is -2.38. The van der Waals surface area contributed by atoms with E-state index < -0.39 is 0 Å². The molecule has 0 amide bonds. The molecular weight excluding hydrogens is 208 g/mol. The van der Waals surface area contributed by atoms with Crippen LogP contribution in [0.15, 0.2) is 24.3 Å². The van der Waals surface area contributed by atoms with Gasteiger partial charge >= 0.3 is 0 Å². The first-order chi connectivity index (χ1) is 8.23. The van der Waals surface area contributed by atoms with Gasteiger partial charge in [0.1, 0.15) is 0 Å². The lowest BCUT2D eigenvalue weighted by atomic mass is 9.65. The van der Waals surface area contributed by atoms with Crippen molar-refractivity contribution in [1.29, 1.82) is 0 Å².